The van der Waals surface area contributed by atoms with Gasteiger partial charge in [-0.1, -0.05) is 18.2 Å². The molecule has 0 atom stereocenters. The van der Waals surface area contributed by atoms with Gasteiger partial charge >= 0.3 is 0 Å². The van der Waals surface area contributed by atoms with Crippen LogP contribution < -0.4 is 5.32 Å². The van der Waals surface area contributed by atoms with Crippen molar-refractivity contribution in [2.24, 2.45) is 0 Å². The summed E-state index contributed by atoms with van der Waals surface area (Å²) in [5.74, 6) is -0.394. The molecule has 0 spiro atoms. The van der Waals surface area contributed by atoms with E-state index in [1.807, 2.05) is 41.1 Å². The molecule has 2 aromatic rings. The van der Waals surface area contributed by atoms with Crippen LogP contribution in [0.4, 0.5) is 5.69 Å². The molecule has 0 aliphatic heterocycles. The molecule has 18 heavy (non-hydrogen) atoms. The van der Waals surface area contributed by atoms with Gasteiger partial charge in [0.15, 0.2) is 0 Å². The fourth-order valence-corrected chi connectivity index (χ4v) is 2.01. The van der Waals surface area contributed by atoms with Crippen LogP contribution in [-0.4, -0.2) is 5.91 Å². The second-order valence-electron chi connectivity index (χ2n) is 3.55. The van der Waals surface area contributed by atoms with E-state index in [1.54, 1.807) is 18.2 Å². The molecule has 0 radical (unpaired) electrons. The van der Waals surface area contributed by atoms with Gasteiger partial charge in [0.25, 0.3) is 5.91 Å². The quantitative estimate of drug-likeness (QED) is 0.675. The predicted octanol–water partition coefficient (Wildman–Crippen LogP) is 3.29. The minimum absolute atomic E-state index is 0.0947. The number of nitriles is 1. The Kier molecular flexibility index (Phi) is 3.90. The number of nitrogens with zero attached hydrogens (tertiary/aromatic N) is 1. The molecule has 0 bridgehead atoms. The molecule has 0 saturated carbocycles. The normalized spacial score (nSPS) is 10.7. The first-order valence-electron chi connectivity index (χ1n) is 5.30. The van der Waals surface area contributed by atoms with Crippen molar-refractivity contribution in [2.45, 2.75) is 0 Å². The van der Waals surface area contributed by atoms with E-state index in [2.05, 4.69) is 5.32 Å². The smallest absolute Gasteiger partial charge is 0.266 e. The van der Waals surface area contributed by atoms with E-state index in [9.17, 15) is 4.79 Å². The number of rotatable bonds is 3. The highest BCUT2D eigenvalue weighted by molar-refractivity contribution is 7.08. The Morgan fingerprint density at radius 1 is 1.28 bits per heavy atom. The molecule has 1 aromatic heterocycles. The van der Waals surface area contributed by atoms with Crippen molar-refractivity contribution in [1.82, 2.24) is 0 Å². The summed E-state index contributed by atoms with van der Waals surface area (Å²) in [5, 5.41) is 15.5. The van der Waals surface area contributed by atoms with Crippen LogP contribution in [0.2, 0.25) is 0 Å². The number of amides is 1. The monoisotopic (exact) mass is 254 g/mol. The van der Waals surface area contributed by atoms with Crippen molar-refractivity contribution < 1.29 is 4.79 Å². The predicted molar refractivity (Wildman–Crippen MR) is 73.0 cm³/mol. The number of thiophene rings is 1. The van der Waals surface area contributed by atoms with Gasteiger partial charge < -0.3 is 5.32 Å². The summed E-state index contributed by atoms with van der Waals surface area (Å²) in [6.45, 7) is 0. The molecule has 0 unspecified atom stereocenters. The average molecular weight is 254 g/mol. The fraction of sp³-hybridized carbons (Fsp3) is 0. The van der Waals surface area contributed by atoms with Crippen LogP contribution in [0, 0.1) is 11.3 Å². The van der Waals surface area contributed by atoms with Crippen LogP contribution in [0.25, 0.3) is 6.08 Å². The second kappa shape index (κ2) is 5.80. The maximum atomic E-state index is 11.9. The largest absolute Gasteiger partial charge is 0.321 e. The van der Waals surface area contributed by atoms with E-state index in [0.717, 1.165) is 5.56 Å². The van der Waals surface area contributed by atoms with Crippen LogP contribution in [0.1, 0.15) is 5.56 Å². The third kappa shape index (κ3) is 3.06. The molecule has 0 aliphatic carbocycles. The number of para-hydroxylation sites is 1. The van der Waals surface area contributed by atoms with Gasteiger partial charge in [-0.15, -0.1) is 0 Å². The first-order chi connectivity index (χ1) is 8.79. The first kappa shape index (κ1) is 12.1. The Labute approximate surface area is 109 Å². The highest BCUT2D eigenvalue weighted by Crippen LogP contribution is 2.13. The van der Waals surface area contributed by atoms with Gasteiger partial charge in [-0.05, 0) is 40.6 Å². The van der Waals surface area contributed by atoms with Crippen molar-refractivity contribution >= 4 is 29.0 Å². The SMILES string of the molecule is N#C/C(=C\c1ccsc1)C(=O)Nc1ccccc1. The average Bonchev–Trinajstić information content (AvgIpc) is 2.90. The summed E-state index contributed by atoms with van der Waals surface area (Å²) < 4.78 is 0. The van der Waals surface area contributed by atoms with Crippen LogP contribution in [0.5, 0.6) is 0 Å². The molecule has 0 aliphatic rings. The molecule has 0 saturated heterocycles. The highest BCUT2D eigenvalue weighted by atomic mass is 32.1. The van der Waals surface area contributed by atoms with Gasteiger partial charge in [-0.25, -0.2) is 0 Å². The summed E-state index contributed by atoms with van der Waals surface area (Å²) in [6.07, 6.45) is 1.58. The Morgan fingerprint density at radius 3 is 2.67 bits per heavy atom. The van der Waals surface area contributed by atoms with Crippen LogP contribution in [-0.2, 0) is 4.79 Å². The van der Waals surface area contributed by atoms with Gasteiger partial charge in [0.05, 0.1) is 0 Å². The van der Waals surface area contributed by atoms with Crippen LogP contribution >= 0.6 is 11.3 Å². The van der Waals surface area contributed by atoms with Gasteiger partial charge in [0, 0.05) is 5.69 Å². The fourth-order valence-electron chi connectivity index (χ4n) is 1.39. The minimum Gasteiger partial charge on any atom is -0.321 e. The van der Waals surface area contributed by atoms with Crippen LogP contribution in [0.3, 0.4) is 0 Å². The number of carbonyl (C=O) groups is 1. The Balaban J connectivity index is 2.15. The van der Waals surface area contributed by atoms with Crippen molar-refractivity contribution in [3.05, 3.63) is 58.3 Å². The Morgan fingerprint density at radius 2 is 2.06 bits per heavy atom. The van der Waals surface area contributed by atoms with Crippen molar-refractivity contribution in [3.8, 4) is 6.07 Å². The summed E-state index contributed by atoms with van der Waals surface area (Å²) >= 11 is 1.52. The van der Waals surface area contributed by atoms with E-state index < -0.39 is 5.91 Å². The zero-order valence-corrected chi connectivity index (χ0v) is 10.3. The molecule has 3 nitrogen and oxygen atoms in total. The highest BCUT2D eigenvalue weighted by Gasteiger charge is 2.09. The number of benzene rings is 1. The lowest BCUT2D eigenvalue weighted by atomic mass is 10.2. The van der Waals surface area contributed by atoms with Crippen LogP contribution in [0.15, 0.2) is 52.7 Å². The maximum Gasteiger partial charge on any atom is 0.266 e. The van der Waals surface area contributed by atoms with E-state index >= 15 is 0 Å². The molecule has 1 heterocycles. The van der Waals surface area contributed by atoms with Gasteiger partial charge in [0.1, 0.15) is 11.6 Å². The zero-order valence-electron chi connectivity index (χ0n) is 9.46. The second-order valence-corrected chi connectivity index (χ2v) is 4.33. The summed E-state index contributed by atoms with van der Waals surface area (Å²) in [5.41, 5.74) is 1.63. The number of anilines is 1. The third-order valence-electron chi connectivity index (χ3n) is 2.25. The molecular formula is C14H10N2OS. The van der Waals surface area contributed by atoms with Crippen molar-refractivity contribution in [3.63, 3.8) is 0 Å². The molecular weight excluding hydrogens is 244 g/mol. The lowest BCUT2D eigenvalue weighted by molar-refractivity contribution is -0.112. The van der Waals surface area contributed by atoms with Crippen molar-refractivity contribution in [2.75, 3.05) is 5.32 Å². The Bertz CT molecular complexity index is 594. The summed E-state index contributed by atoms with van der Waals surface area (Å²) in [7, 11) is 0. The van der Waals surface area contributed by atoms with E-state index in [1.165, 1.54) is 11.3 Å². The number of hydrogen-bond donors (Lipinski definition) is 1. The third-order valence-corrected chi connectivity index (χ3v) is 2.95. The molecule has 4 heteroatoms. The summed E-state index contributed by atoms with van der Waals surface area (Å²) in [6, 6.07) is 12.8. The van der Waals surface area contributed by atoms with E-state index in [0.29, 0.717) is 5.69 Å². The number of carbonyl (C=O) groups excluding carboxylic acids is 1. The minimum atomic E-state index is -0.394. The maximum absolute atomic E-state index is 11.9. The lowest BCUT2D eigenvalue weighted by Gasteiger charge is -2.03. The van der Waals surface area contributed by atoms with Gasteiger partial charge in [0.2, 0.25) is 0 Å². The molecule has 2 rings (SSSR count). The lowest BCUT2D eigenvalue weighted by Crippen LogP contribution is -2.13. The van der Waals surface area contributed by atoms with Gasteiger partial charge in [-0.3, -0.25) is 4.79 Å². The molecule has 1 aromatic carbocycles. The number of nitrogens with one attached hydrogen (secondary N) is 1. The van der Waals surface area contributed by atoms with Gasteiger partial charge in [-0.2, -0.15) is 16.6 Å². The van der Waals surface area contributed by atoms with E-state index in [4.69, 9.17) is 5.26 Å². The standard InChI is InChI=1S/C14H10N2OS/c15-9-12(8-11-6-7-18-10-11)14(17)16-13-4-2-1-3-5-13/h1-8,10H,(H,16,17)/b12-8+. The summed E-state index contributed by atoms with van der Waals surface area (Å²) in [4.78, 5) is 11.9. The topological polar surface area (TPSA) is 52.9 Å². The molecule has 1 amide bonds. The Hall–Kier alpha value is -2.38. The molecule has 0 fully saturated rings. The zero-order chi connectivity index (χ0) is 12.8. The number of hydrogen-bond acceptors (Lipinski definition) is 3. The van der Waals surface area contributed by atoms with E-state index in [-0.39, 0.29) is 5.57 Å². The first-order valence-corrected chi connectivity index (χ1v) is 6.24. The molecule has 1 N–H and O–H groups in total. The molecule has 88 valence electrons. The van der Waals surface area contributed by atoms with Crippen molar-refractivity contribution in [1.29, 1.82) is 5.26 Å².